The van der Waals surface area contributed by atoms with Gasteiger partial charge in [0.25, 0.3) is 0 Å². The minimum atomic E-state index is 0.0974. The average Bonchev–Trinajstić information content (AvgIpc) is 3.02. The molecule has 2 atom stereocenters. The molecule has 2 aliphatic rings. The Morgan fingerprint density at radius 2 is 1.90 bits per heavy atom. The van der Waals surface area contributed by atoms with Gasteiger partial charge in [0, 0.05) is 11.6 Å². The van der Waals surface area contributed by atoms with E-state index < -0.39 is 0 Å². The third kappa shape index (κ3) is 3.46. The normalized spacial score (nSPS) is 26.7. The summed E-state index contributed by atoms with van der Waals surface area (Å²) >= 11 is 0. The minimum absolute atomic E-state index is 0.0974. The number of carbonyl (C=O) groups excluding carboxylic acids is 1. The van der Waals surface area contributed by atoms with E-state index in [9.17, 15) is 4.79 Å². The third-order valence-corrected chi connectivity index (χ3v) is 4.81. The molecule has 3 heteroatoms. The molecule has 0 aromatic heterocycles. The molecule has 3 nitrogen and oxygen atoms in total. The lowest BCUT2D eigenvalue weighted by molar-refractivity contribution is 0.0485. The van der Waals surface area contributed by atoms with E-state index in [2.05, 4.69) is 4.90 Å². The maximum absolute atomic E-state index is 11.5. The predicted molar refractivity (Wildman–Crippen MR) is 83.9 cm³/mol. The van der Waals surface area contributed by atoms with Gasteiger partial charge in [0.15, 0.2) is 5.78 Å². The van der Waals surface area contributed by atoms with Gasteiger partial charge >= 0.3 is 0 Å². The molecule has 1 aromatic carbocycles. The summed E-state index contributed by atoms with van der Waals surface area (Å²) in [4.78, 5) is 14.1. The molecule has 1 saturated carbocycles. The lowest BCUT2D eigenvalue weighted by Crippen LogP contribution is -2.46. The number of carbonyl (C=O) groups is 1. The number of Topliss-reactive ketones (excluding diaryl/α,β-unsaturated/α-hetero) is 1. The van der Waals surface area contributed by atoms with Crippen LogP contribution >= 0.6 is 0 Å². The highest BCUT2D eigenvalue weighted by atomic mass is 16.5. The van der Waals surface area contributed by atoms with Gasteiger partial charge in [-0.1, -0.05) is 18.6 Å². The Morgan fingerprint density at radius 3 is 2.67 bits per heavy atom. The molecule has 0 spiro atoms. The molecule has 2 fully saturated rings. The highest BCUT2D eigenvalue weighted by Crippen LogP contribution is 2.29. The Kier molecular flexibility index (Phi) is 4.59. The molecule has 1 aromatic rings. The van der Waals surface area contributed by atoms with E-state index in [1.165, 1.54) is 45.2 Å². The van der Waals surface area contributed by atoms with Crippen molar-refractivity contribution in [2.75, 3.05) is 13.1 Å². The van der Waals surface area contributed by atoms with Crippen LogP contribution in [0.2, 0.25) is 0 Å². The minimum Gasteiger partial charge on any atom is -0.489 e. The molecule has 0 radical (unpaired) electrons. The molecule has 3 rings (SSSR count). The third-order valence-electron chi connectivity index (χ3n) is 4.81. The van der Waals surface area contributed by atoms with Crippen LogP contribution in [0, 0.1) is 0 Å². The summed E-state index contributed by atoms with van der Waals surface area (Å²) in [6, 6.07) is 8.19. The second kappa shape index (κ2) is 6.61. The van der Waals surface area contributed by atoms with Gasteiger partial charge in [0.1, 0.15) is 11.9 Å². The molecule has 2 unspecified atom stereocenters. The topological polar surface area (TPSA) is 29.5 Å². The van der Waals surface area contributed by atoms with Crippen LogP contribution in [0.1, 0.15) is 55.8 Å². The maximum Gasteiger partial charge on any atom is 0.159 e. The number of likely N-dealkylation sites (tertiary alicyclic amines) is 1. The molecule has 0 bridgehead atoms. The van der Waals surface area contributed by atoms with E-state index in [4.69, 9.17) is 4.74 Å². The number of rotatable bonds is 4. The van der Waals surface area contributed by atoms with Crippen molar-refractivity contribution in [3.63, 3.8) is 0 Å². The first-order valence-corrected chi connectivity index (χ1v) is 8.26. The molecule has 21 heavy (non-hydrogen) atoms. The van der Waals surface area contributed by atoms with E-state index in [1.807, 2.05) is 24.3 Å². The molecule has 114 valence electrons. The smallest absolute Gasteiger partial charge is 0.159 e. The fourth-order valence-corrected chi connectivity index (χ4v) is 3.67. The first-order valence-electron chi connectivity index (χ1n) is 8.26. The van der Waals surface area contributed by atoms with Crippen LogP contribution in [-0.4, -0.2) is 35.9 Å². The van der Waals surface area contributed by atoms with Crippen molar-refractivity contribution in [2.24, 2.45) is 0 Å². The number of ether oxygens (including phenoxy) is 1. The zero-order chi connectivity index (χ0) is 14.7. The van der Waals surface area contributed by atoms with Gasteiger partial charge in [-0.3, -0.25) is 9.69 Å². The molecule has 0 amide bonds. The summed E-state index contributed by atoms with van der Waals surface area (Å²) in [5, 5.41) is 0. The number of nitrogens with zero attached hydrogens (tertiary/aromatic N) is 1. The molecule has 1 heterocycles. The van der Waals surface area contributed by atoms with Crippen molar-refractivity contribution in [3.05, 3.63) is 29.8 Å². The summed E-state index contributed by atoms with van der Waals surface area (Å²) in [5.41, 5.74) is 0.737. The summed E-state index contributed by atoms with van der Waals surface area (Å²) < 4.78 is 6.28. The summed E-state index contributed by atoms with van der Waals surface area (Å²) in [5.74, 6) is 0.944. The monoisotopic (exact) mass is 287 g/mol. The van der Waals surface area contributed by atoms with Gasteiger partial charge in [-0.15, -0.1) is 0 Å². The van der Waals surface area contributed by atoms with E-state index in [-0.39, 0.29) is 11.9 Å². The van der Waals surface area contributed by atoms with Gasteiger partial charge in [0.2, 0.25) is 0 Å². The lowest BCUT2D eigenvalue weighted by Gasteiger charge is -2.37. The van der Waals surface area contributed by atoms with Gasteiger partial charge in [0.05, 0.1) is 0 Å². The van der Waals surface area contributed by atoms with Crippen LogP contribution in [0.15, 0.2) is 24.3 Å². The fraction of sp³-hybridized carbons (Fsp3) is 0.611. The molecular formula is C18H25NO2. The highest BCUT2D eigenvalue weighted by Gasteiger charge is 2.32. The van der Waals surface area contributed by atoms with E-state index >= 15 is 0 Å². The summed E-state index contributed by atoms with van der Waals surface area (Å²) in [6.07, 6.45) is 7.86. The van der Waals surface area contributed by atoms with Crippen molar-refractivity contribution in [1.29, 1.82) is 0 Å². The SMILES string of the molecule is CC(=O)c1cccc(OC2CCCCC2N2CCCC2)c1. The molecule has 1 aliphatic carbocycles. The Morgan fingerprint density at radius 1 is 1.14 bits per heavy atom. The Balaban J connectivity index is 1.71. The Bertz CT molecular complexity index is 494. The second-order valence-corrected chi connectivity index (χ2v) is 6.34. The second-order valence-electron chi connectivity index (χ2n) is 6.34. The number of hydrogen-bond donors (Lipinski definition) is 0. The van der Waals surface area contributed by atoms with Crippen molar-refractivity contribution in [2.45, 2.75) is 57.6 Å². The van der Waals surface area contributed by atoms with Crippen molar-refractivity contribution < 1.29 is 9.53 Å². The van der Waals surface area contributed by atoms with Gasteiger partial charge in [-0.2, -0.15) is 0 Å². The summed E-state index contributed by atoms with van der Waals surface area (Å²) in [6.45, 7) is 4.04. The van der Waals surface area contributed by atoms with Gasteiger partial charge in [-0.05, 0) is 64.3 Å². The summed E-state index contributed by atoms with van der Waals surface area (Å²) in [7, 11) is 0. The molecule has 1 saturated heterocycles. The van der Waals surface area contributed by atoms with Crippen LogP contribution < -0.4 is 4.74 Å². The fourth-order valence-electron chi connectivity index (χ4n) is 3.67. The predicted octanol–water partition coefficient (Wildman–Crippen LogP) is 3.68. The van der Waals surface area contributed by atoms with Crippen molar-refractivity contribution >= 4 is 5.78 Å². The average molecular weight is 287 g/mol. The largest absolute Gasteiger partial charge is 0.489 e. The maximum atomic E-state index is 11.5. The quantitative estimate of drug-likeness (QED) is 0.791. The number of hydrogen-bond acceptors (Lipinski definition) is 3. The zero-order valence-corrected chi connectivity index (χ0v) is 12.9. The van der Waals surface area contributed by atoms with Crippen LogP contribution in [0.3, 0.4) is 0 Å². The van der Waals surface area contributed by atoms with E-state index in [1.54, 1.807) is 6.92 Å². The van der Waals surface area contributed by atoms with Crippen molar-refractivity contribution in [3.8, 4) is 5.75 Å². The first kappa shape index (κ1) is 14.6. The molecular weight excluding hydrogens is 262 g/mol. The van der Waals surface area contributed by atoms with Crippen LogP contribution in [0.25, 0.3) is 0 Å². The van der Waals surface area contributed by atoms with Crippen LogP contribution in [0.5, 0.6) is 5.75 Å². The standard InChI is InChI=1S/C18H25NO2/c1-14(20)15-7-6-8-16(13-15)21-18-10-3-2-9-17(18)19-11-4-5-12-19/h6-8,13,17-18H,2-5,9-12H2,1H3. The van der Waals surface area contributed by atoms with Crippen LogP contribution in [-0.2, 0) is 0 Å². The Labute approximate surface area is 127 Å². The molecule has 1 aliphatic heterocycles. The van der Waals surface area contributed by atoms with Gasteiger partial charge < -0.3 is 4.74 Å². The highest BCUT2D eigenvalue weighted by molar-refractivity contribution is 5.94. The number of benzene rings is 1. The van der Waals surface area contributed by atoms with Gasteiger partial charge in [-0.25, -0.2) is 0 Å². The zero-order valence-electron chi connectivity index (χ0n) is 12.9. The van der Waals surface area contributed by atoms with Crippen molar-refractivity contribution in [1.82, 2.24) is 4.90 Å². The van der Waals surface area contributed by atoms with E-state index in [0.717, 1.165) is 17.7 Å². The van der Waals surface area contributed by atoms with Crippen LogP contribution in [0.4, 0.5) is 0 Å². The molecule has 0 N–H and O–H groups in total. The first-order chi connectivity index (χ1) is 10.2. The Hall–Kier alpha value is -1.35. The lowest BCUT2D eigenvalue weighted by atomic mass is 9.91. The number of ketones is 1. The van der Waals surface area contributed by atoms with E-state index in [0.29, 0.717) is 6.04 Å².